The van der Waals surface area contributed by atoms with Crippen molar-refractivity contribution in [1.29, 1.82) is 0 Å². The van der Waals surface area contributed by atoms with Gasteiger partial charge in [-0.15, -0.1) is 0 Å². The van der Waals surface area contributed by atoms with E-state index in [1.807, 2.05) is 59.6 Å². The first-order valence-electron chi connectivity index (χ1n) is 20.4. The number of amides is 5. The Kier molecular flexibility index (Phi) is 20.7. The Labute approximate surface area is 346 Å². The van der Waals surface area contributed by atoms with Crippen LogP contribution in [-0.4, -0.2) is 153 Å². The van der Waals surface area contributed by atoms with E-state index in [9.17, 15) is 32.4 Å². The molecule has 4 N–H and O–H groups in total. The minimum absolute atomic E-state index is 0.0442. The predicted octanol–water partition coefficient (Wildman–Crippen LogP) is 2.12. The highest BCUT2D eigenvalue weighted by Crippen LogP contribution is 2.29. The summed E-state index contributed by atoms with van der Waals surface area (Å²) in [6, 6.07) is 6.33. The van der Waals surface area contributed by atoms with Crippen LogP contribution >= 0.6 is 0 Å². The maximum absolute atomic E-state index is 14.2. The van der Waals surface area contributed by atoms with Crippen LogP contribution in [0.25, 0.3) is 0 Å². The number of ether oxygens (including phenoxy) is 2. The number of hydrogen-bond donors (Lipinski definition) is 4. The van der Waals surface area contributed by atoms with Gasteiger partial charge in [0.2, 0.25) is 29.5 Å². The van der Waals surface area contributed by atoms with Gasteiger partial charge in [0.05, 0.1) is 48.9 Å². The second-order valence-electron chi connectivity index (χ2n) is 16.2. The Balaban J connectivity index is 2.28. The van der Waals surface area contributed by atoms with Gasteiger partial charge in [-0.25, -0.2) is 0 Å². The van der Waals surface area contributed by atoms with E-state index in [2.05, 4.69) is 16.0 Å². The van der Waals surface area contributed by atoms with Gasteiger partial charge in [-0.05, 0) is 51.1 Å². The maximum atomic E-state index is 14.2. The average molecular weight is 839 g/mol. The van der Waals surface area contributed by atoms with E-state index in [0.29, 0.717) is 25.8 Å². The molecule has 1 aliphatic rings. The van der Waals surface area contributed by atoms with E-state index in [4.69, 9.17) is 14.0 Å². The van der Waals surface area contributed by atoms with Crippen LogP contribution in [0.2, 0.25) is 0 Å². The standard InChI is InChI=1S/C41H70N6O10S/c1-12-28(6)37(46(9)41(52)36(26(2)3)44-34(48)25-45(8)27(4)5)33(56-10)24-35(49)47-21-16-19-32(47)38(57-11)29(7)39(50)43-31(23-30-17-14-13-15-18-30)40(51)42-20-22-58(53,54)55/h13-15,17-18,26-29,31-33,36-38H,12,16,19-25H2,1-11H3,(H,42,51)(H,43,50)(H,44,48)(H,53,54,55)/t28?,29?,31?,32?,33?,36-,37?,38?/m0/s1. The minimum Gasteiger partial charge on any atom is -0.379 e. The normalized spacial score (nSPS) is 18.3. The summed E-state index contributed by atoms with van der Waals surface area (Å²) in [5.74, 6) is -3.62. The number of nitrogens with zero attached hydrogens (tertiary/aromatic N) is 3. The molecule has 5 amide bonds. The van der Waals surface area contributed by atoms with Crippen molar-refractivity contribution < 1.29 is 46.4 Å². The van der Waals surface area contributed by atoms with Crippen LogP contribution in [0, 0.1) is 17.8 Å². The Morgan fingerprint density at radius 2 is 1.59 bits per heavy atom. The number of rotatable bonds is 24. The zero-order valence-electron chi connectivity index (χ0n) is 36.4. The lowest BCUT2D eigenvalue weighted by Crippen LogP contribution is -2.58. The third-order valence-electron chi connectivity index (χ3n) is 11.4. The first-order chi connectivity index (χ1) is 27.2. The van der Waals surface area contributed by atoms with Gasteiger partial charge in [0.15, 0.2) is 0 Å². The molecule has 8 atom stereocenters. The van der Waals surface area contributed by atoms with Crippen molar-refractivity contribution >= 4 is 39.7 Å². The molecule has 0 aliphatic carbocycles. The highest BCUT2D eigenvalue weighted by atomic mass is 32.2. The molecule has 330 valence electrons. The Morgan fingerprint density at radius 1 is 0.948 bits per heavy atom. The number of nitrogens with one attached hydrogen (secondary N) is 3. The summed E-state index contributed by atoms with van der Waals surface area (Å²) in [5.41, 5.74) is 0.760. The minimum atomic E-state index is -4.31. The van der Waals surface area contributed by atoms with E-state index in [-0.39, 0.29) is 61.5 Å². The van der Waals surface area contributed by atoms with Crippen LogP contribution in [0.3, 0.4) is 0 Å². The molecular weight excluding hydrogens is 769 g/mol. The number of benzene rings is 1. The molecule has 17 heteroatoms. The van der Waals surface area contributed by atoms with Crippen molar-refractivity contribution in [3.8, 4) is 0 Å². The summed E-state index contributed by atoms with van der Waals surface area (Å²) in [6.45, 7) is 13.6. The Morgan fingerprint density at radius 3 is 2.12 bits per heavy atom. The smallest absolute Gasteiger partial charge is 0.266 e. The summed E-state index contributed by atoms with van der Waals surface area (Å²) in [5, 5.41) is 8.22. The van der Waals surface area contributed by atoms with E-state index in [0.717, 1.165) is 5.56 Å². The molecule has 16 nitrogen and oxygen atoms in total. The van der Waals surface area contributed by atoms with E-state index in [1.165, 1.54) is 14.2 Å². The van der Waals surface area contributed by atoms with Crippen LogP contribution in [0.5, 0.6) is 0 Å². The van der Waals surface area contributed by atoms with Crippen LogP contribution in [0.1, 0.15) is 79.7 Å². The second kappa shape index (κ2) is 23.8. The van der Waals surface area contributed by atoms with Gasteiger partial charge in [-0.2, -0.15) is 8.42 Å². The monoisotopic (exact) mass is 838 g/mol. The zero-order valence-corrected chi connectivity index (χ0v) is 37.2. The van der Waals surface area contributed by atoms with Crippen molar-refractivity contribution in [2.45, 2.75) is 123 Å². The molecule has 1 heterocycles. The number of methoxy groups -OCH3 is 2. The molecule has 1 saturated heterocycles. The number of likely N-dealkylation sites (tertiary alicyclic amines) is 1. The molecule has 0 saturated carbocycles. The maximum Gasteiger partial charge on any atom is 0.266 e. The van der Waals surface area contributed by atoms with Crippen molar-refractivity contribution in [2.24, 2.45) is 17.8 Å². The Bertz CT molecular complexity index is 1600. The molecule has 2 rings (SSSR count). The second-order valence-corrected chi connectivity index (χ2v) is 17.8. The van der Waals surface area contributed by atoms with Crippen molar-refractivity contribution in [1.82, 2.24) is 30.7 Å². The Hall–Kier alpha value is -3.64. The molecule has 1 aromatic carbocycles. The van der Waals surface area contributed by atoms with E-state index < -0.39 is 70.0 Å². The van der Waals surface area contributed by atoms with Gasteiger partial charge in [-0.1, -0.05) is 71.4 Å². The van der Waals surface area contributed by atoms with Crippen LogP contribution < -0.4 is 16.0 Å². The SMILES string of the molecule is CCC(C)C(C(CC(=O)N1CCCC1C(OC)C(C)C(=O)NC(Cc1ccccc1)C(=O)NCCS(=O)(=O)O)OC)N(C)C(=O)[C@@H](NC(=O)CN(C)C(C)C)C(C)C. The van der Waals surface area contributed by atoms with Crippen molar-refractivity contribution in [3.63, 3.8) is 0 Å². The summed E-state index contributed by atoms with van der Waals surface area (Å²) >= 11 is 0. The summed E-state index contributed by atoms with van der Waals surface area (Å²) in [7, 11) is 2.22. The summed E-state index contributed by atoms with van der Waals surface area (Å²) < 4.78 is 43.5. The van der Waals surface area contributed by atoms with Gasteiger partial charge in [-0.3, -0.25) is 33.4 Å². The predicted molar refractivity (Wildman–Crippen MR) is 222 cm³/mol. The third-order valence-corrected chi connectivity index (χ3v) is 12.1. The van der Waals surface area contributed by atoms with Crippen LogP contribution in [0.4, 0.5) is 0 Å². The largest absolute Gasteiger partial charge is 0.379 e. The lowest BCUT2D eigenvalue weighted by atomic mass is 9.89. The molecule has 1 aromatic rings. The third kappa shape index (κ3) is 15.2. The molecule has 1 fully saturated rings. The molecule has 7 unspecified atom stereocenters. The molecule has 58 heavy (non-hydrogen) atoms. The molecule has 0 bridgehead atoms. The lowest BCUT2D eigenvalue weighted by molar-refractivity contribution is -0.147. The average Bonchev–Trinajstić information content (AvgIpc) is 3.65. The number of carbonyl (C=O) groups is 5. The highest BCUT2D eigenvalue weighted by molar-refractivity contribution is 7.85. The van der Waals surface area contributed by atoms with Gasteiger partial charge in [0.1, 0.15) is 12.1 Å². The van der Waals surface area contributed by atoms with Gasteiger partial charge >= 0.3 is 0 Å². The van der Waals surface area contributed by atoms with Crippen LogP contribution in [-0.2, 0) is 50.0 Å². The van der Waals surface area contributed by atoms with Crippen molar-refractivity contribution in [3.05, 3.63) is 35.9 Å². The quantitative estimate of drug-likeness (QED) is 0.111. The molecule has 0 radical (unpaired) electrons. The van der Waals surface area contributed by atoms with E-state index >= 15 is 0 Å². The molecule has 1 aliphatic heterocycles. The van der Waals surface area contributed by atoms with Crippen LogP contribution in [0.15, 0.2) is 30.3 Å². The fourth-order valence-corrected chi connectivity index (χ4v) is 7.82. The first kappa shape index (κ1) is 50.5. The topological polar surface area (TPSA) is 204 Å². The van der Waals surface area contributed by atoms with Gasteiger partial charge in [0, 0.05) is 46.8 Å². The summed E-state index contributed by atoms with van der Waals surface area (Å²) in [4.78, 5) is 73.6. The first-order valence-corrected chi connectivity index (χ1v) is 22.0. The number of likely N-dealkylation sites (N-methyl/N-ethyl adjacent to an activating group) is 2. The molecule has 0 spiro atoms. The van der Waals surface area contributed by atoms with Gasteiger partial charge < -0.3 is 35.2 Å². The molecule has 0 aromatic heterocycles. The fourth-order valence-electron chi connectivity index (χ4n) is 7.46. The fraction of sp³-hybridized carbons (Fsp3) is 0.732. The lowest BCUT2D eigenvalue weighted by Gasteiger charge is -2.41. The highest BCUT2D eigenvalue weighted by Gasteiger charge is 2.43. The zero-order chi connectivity index (χ0) is 43.9. The number of carbonyl (C=O) groups excluding carboxylic acids is 5. The van der Waals surface area contributed by atoms with E-state index in [1.54, 1.807) is 48.0 Å². The number of hydrogen-bond acceptors (Lipinski definition) is 10. The van der Waals surface area contributed by atoms with Crippen molar-refractivity contribution in [2.75, 3.05) is 53.7 Å². The van der Waals surface area contributed by atoms with Gasteiger partial charge in [0.25, 0.3) is 10.1 Å². The molecular formula is C41H70N6O10S. The summed E-state index contributed by atoms with van der Waals surface area (Å²) in [6.07, 6.45) is 0.581.